The number of hydrogen-bond donors (Lipinski definition) is 2. The van der Waals surface area contributed by atoms with Gasteiger partial charge in [-0.05, 0) is 38.1 Å². The van der Waals surface area contributed by atoms with Crippen LogP contribution in [0.4, 0.5) is 11.4 Å². The zero-order valence-electron chi connectivity index (χ0n) is 11.4. The molecule has 2 rings (SSSR count). The number of amides is 1. The van der Waals surface area contributed by atoms with Crippen molar-refractivity contribution < 1.29 is 4.79 Å². The van der Waals surface area contributed by atoms with E-state index in [0.29, 0.717) is 5.56 Å². The summed E-state index contributed by atoms with van der Waals surface area (Å²) in [5.74, 6) is -0.100. The smallest absolute Gasteiger partial charge is 0.257 e. The van der Waals surface area contributed by atoms with E-state index in [1.807, 2.05) is 63.4 Å². The van der Waals surface area contributed by atoms with Crippen LogP contribution in [0.2, 0.25) is 0 Å². The van der Waals surface area contributed by atoms with Crippen molar-refractivity contribution in [2.45, 2.75) is 13.8 Å². The molecule has 1 amide bonds. The van der Waals surface area contributed by atoms with Gasteiger partial charge in [0.05, 0.1) is 5.56 Å². The Balaban J connectivity index is 2.24. The highest BCUT2D eigenvalue weighted by Gasteiger charge is 2.11. The van der Waals surface area contributed by atoms with Crippen LogP contribution in [0.25, 0.3) is 0 Å². The number of rotatable bonds is 3. The third-order valence-electron chi connectivity index (χ3n) is 3.00. The topological polar surface area (TPSA) is 41.1 Å². The minimum absolute atomic E-state index is 0.100. The molecule has 3 nitrogen and oxygen atoms in total. The standard InChI is InChI=1S/C16H18N2O/c1-11-4-7-13(8-5-11)18-16(19)14-10-12(2)6-9-15(14)17-3/h4-10,17H,1-3H3,(H,18,19). The molecule has 98 valence electrons. The van der Waals surface area contributed by atoms with Gasteiger partial charge >= 0.3 is 0 Å². The molecular formula is C16H18N2O. The molecule has 0 heterocycles. The second-order valence-corrected chi connectivity index (χ2v) is 4.62. The number of anilines is 2. The molecule has 0 unspecified atom stereocenters. The van der Waals surface area contributed by atoms with E-state index in [9.17, 15) is 4.79 Å². The molecule has 0 saturated heterocycles. The Morgan fingerprint density at radius 2 is 1.58 bits per heavy atom. The van der Waals surface area contributed by atoms with Gasteiger partial charge in [-0.1, -0.05) is 29.3 Å². The first-order valence-corrected chi connectivity index (χ1v) is 6.26. The van der Waals surface area contributed by atoms with E-state index < -0.39 is 0 Å². The van der Waals surface area contributed by atoms with E-state index in [-0.39, 0.29) is 5.91 Å². The van der Waals surface area contributed by atoms with Crippen molar-refractivity contribution in [2.24, 2.45) is 0 Å². The number of nitrogens with one attached hydrogen (secondary N) is 2. The maximum atomic E-state index is 12.3. The van der Waals surface area contributed by atoms with Gasteiger partial charge in [0.25, 0.3) is 5.91 Å². The summed E-state index contributed by atoms with van der Waals surface area (Å²) in [6.07, 6.45) is 0. The number of carbonyl (C=O) groups excluding carboxylic acids is 1. The van der Waals surface area contributed by atoms with Crippen molar-refractivity contribution in [3.05, 3.63) is 59.2 Å². The van der Waals surface area contributed by atoms with Crippen molar-refractivity contribution in [3.63, 3.8) is 0 Å². The molecule has 0 saturated carbocycles. The molecule has 2 aromatic carbocycles. The van der Waals surface area contributed by atoms with Crippen LogP contribution in [-0.4, -0.2) is 13.0 Å². The van der Waals surface area contributed by atoms with Crippen LogP contribution in [0.1, 0.15) is 21.5 Å². The van der Waals surface area contributed by atoms with Crippen LogP contribution in [-0.2, 0) is 0 Å². The molecule has 0 atom stereocenters. The van der Waals surface area contributed by atoms with Gasteiger partial charge in [0.15, 0.2) is 0 Å². The summed E-state index contributed by atoms with van der Waals surface area (Å²) in [6.45, 7) is 3.99. The van der Waals surface area contributed by atoms with Gasteiger partial charge in [-0.3, -0.25) is 4.79 Å². The molecule has 0 radical (unpaired) electrons. The molecule has 0 spiro atoms. The molecule has 0 aromatic heterocycles. The molecule has 0 aliphatic heterocycles. The molecule has 0 aliphatic rings. The van der Waals surface area contributed by atoms with Crippen molar-refractivity contribution in [3.8, 4) is 0 Å². The summed E-state index contributed by atoms with van der Waals surface area (Å²) in [6, 6.07) is 13.5. The minimum Gasteiger partial charge on any atom is -0.387 e. The normalized spacial score (nSPS) is 10.1. The Kier molecular flexibility index (Phi) is 3.85. The maximum absolute atomic E-state index is 12.3. The summed E-state index contributed by atoms with van der Waals surface area (Å²) in [5, 5.41) is 5.95. The monoisotopic (exact) mass is 254 g/mol. The molecule has 2 aromatic rings. The SMILES string of the molecule is CNc1ccc(C)cc1C(=O)Nc1ccc(C)cc1. The van der Waals surface area contributed by atoms with Crippen LogP contribution in [0.15, 0.2) is 42.5 Å². The van der Waals surface area contributed by atoms with E-state index in [0.717, 1.165) is 16.9 Å². The van der Waals surface area contributed by atoms with Crippen molar-refractivity contribution >= 4 is 17.3 Å². The number of hydrogen-bond acceptors (Lipinski definition) is 2. The number of benzene rings is 2. The zero-order chi connectivity index (χ0) is 13.8. The minimum atomic E-state index is -0.100. The first-order chi connectivity index (χ1) is 9.10. The van der Waals surface area contributed by atoms with Gasteiger partial charge < -0.3 is 10.6 Å². The van der Waals surface area contributed by atoms with E-state index in [4.69, 9.17) is 0 Å². The van der Waals surface area contributed by atoms with Gasteiger partial charge in [-0.2, -0.15) is 0 Å². The van der Waals surface area contributed by atoms with Crippen LogP contribution >= 0.6 is 0 Å². The molecule has 0 bridgehead atoms. The Hall–Kier alpha value is -2.29. The van der Waals surface area contributed by atoms with Crippen molar-refractivity contribution in [2.75, 3.05) is 17.7 Å². The quantitative estimate of drug-likeness (QED) is 0.878. The molecular weight excluding hydrogens is 236 g/mol. The summed E-state index contributed by atoms with van der Waals surface area (Å²) >= 11 is 0. The van der Waals surface area contributed by atoms with Crippen molar-refractivity contribution in [1.82, 2.24) is 0 Å². The highest BCUT2D eigenvalue weighted by molar-refractivity contribution is 6.08. The van der Waals surface area contributed by atoms with E-state index >= 15 is 0 Å². The zero-order valence-corrected chi connectivity index (χ0v) is 11.4. The summed E-state index contributed by atoms with van der Waals surface area (Å²) < 4.78 is 0. The lowest BCUT2D eigenvalue weighted by molar-refractivity contribution is 0.102. The van der Waals surface area contributed by atoms with Gasteiger partial charge in [0.2, 0.25) is 0 Å². The van der Waals surface area contributed by atoms with E-state index in [1.165, 1.54) is 5.56 Å². The lowest BCUT2D eigenvalue weighted by Gasteiger charge is -2.11. The second-order valence-electron chi connectivity index (χ2n) is 4.62. The lowest BCUT2D eigenvalue weighted by atomic mass is 10.1. The highest BCUT2D eigenvalue weighted by Crippen LogP contribution is 2.19. The van der Waals surface area contributed by atoms with Gasteiger partial charge in [-0.25, -0.2) is 0 Å². The van der Waals surface area contributed by atoms with Crippen LogP contribution in [0.5, 0.6) is 0 Å². The van der Waals surface area contributed by atoms with Gasteiger partial charge in [-0.15, -0.1) is 0 Å². The fourth-order valence-corrected chi connectivity index (χ4v) is 1.90. The predicted molar refractivity (Wildman–Crippen MR) is 79.9 cm³/mol. The summed E-state index contributed by atoms with van der Waals surface area (Å²) in [4.78, 5) is 12.3. The molecule has 0 aliphatic carbocycles. The Morgan fingerprint density at radius 3 is 2.21 bits per heavy atom. The summed E-state index contributed by atoms with van der Waals surface area (Å²) in [7, 11) is 1.81. The molecule has 2 N–H and O–H groups in total. The molecule has 0 fully saturated rings. The third kappa shape index (κ3) is 3.13. The largest absolute Gasteiger partial charge is 0.387 e. The van der Waals surface area contributed by atoms with Gasteiger partial charge in [0.1, 0.15) is 0 Å². The first kappa shape index (κ1) is 13.1. The fraction of sp³-hybridized carbons (Fsp3) is 0.188. The third-order valence-corrected chi connectivity index (χ3v) is 3.00. The average molecular weight is 254 g/mol. The van der Waals surface area contributed by atoms with Crippen LogP contribution < -0.4 is 10.6 Å². The second kappa shape index (κ2) is 5.57. The van der Waals surface area contributed by atoms with E-state index in [1.54, 1.807) is 0 Å². The van der Waals surface area contributed by atoms with Crippen LogP contribution in [0, 0.1) is 13.8 Å². The predicted octanol–water partition coefficient (Wildman–Crippen LogP) is 3.60. The average Bonchev–Trinajstić information content (AvgIpc) is 2.41. The fourth-order valence-electron chi connectivity index (χ4n) is 1.90. The Morgan fingerprint density at radius 1 is 0.947 bits per heavy atom. The molecule has 19 heavy (non-hydrogen) atoms. The van der Waals surface area contributed by atoms with Gasteiger partial charge in [0, 0.05) is 18.4 Å². The summed E-state index contributed by atoms with van der Waals surface area (Å²) in [5.41, 5.74) is 4.52. The lowest BCUT2D eigenvalue weighted by Crippen LogP contribution is -2.14. The number of carbonyl (C=O) groups is 1. The maximum Gasteiger partial charge on any atom is 0.257 e. The Labute approximate surface area is 113 Å². The van der Waals surface area contributed by atoms with E-state index in [2.05, 4.69) is 10.6 Å². The first-order valence-electron chi connectivity index (χ1n) is 6.26. The number of aryl methyl sites for hydroxylation is 2. The van der Waals surface area contributed by atoms with Crippen LogP contribution in [0.3, 0.4) is 0 Å². The molecule has 3 heteroatoms. The van der Waals surface area contributed by atoms with Crippen molar-refractivity contribution in [1.29, 1.82) is 0 Å². The Bertz CT molecular complexity index is 588. The highest BCUT2D eigenvalue weighted by atomic mass is 16.1.